The fourth-order valence-electron chi connectivity index (χ4n) is 1.06. The molecule has 0 unspecified atom stereocenters. The van der Waals surface area contributed by atoms with Crippen molar-refractivity contribution in [3.8, 4) is 0 Å². The normalized spacial score (nSPS) is 9.83. The second-order valence-corrected chi connectivity index (χ2v) is 3.03. The lowest BCUT2D eigenvalue weighted by atomic mass is 10.0. The van der Waals surface area contributed by atoms with Crippen molar-refractivity contribution >= 4 is 11.3 Å². The van der Waals surface area contributed by atoms with Gasteiger partial charge in [-0.2, -0.15) is 0 Å². The van der Waals surface area contributed by atoms with Crippen molar-refractivity contribution in [1.29, 1.82) is 0 Å². The molecule has 64 valence electrons. The van der Waals surface area contributed by atoms with Crippen LogP contribution in [0, 0.1) is 6.92 Å². The van der Waals surface area contributed by atoms with Gasteiger partial charge in [0.15, 0.2) is 0 Å². The number of benzene rings is 1. The van der Waals surface area contributed by atoms with Gasteiger partial charge < -0.3 is 5.73 Å². The van der Waals surface area contributed by atoms with Gasteiger partial charge in [0.1, 0.15) is 0 Å². The van der Waals surface area contributed by atoms with Crippen molar-refractivity contribution in [2.75, 3.05) is 5.73 Å². The van der Waals surface area contributed by atoms with E-state index in [0.29, 0.717) is 0 Å². The molecule has 0 bridgehead atoms. The van der Waals surface area contributed by atoms with Crippen LogP contribution >= 0.6 is 0 Å². The minimum atomic E-state index is 0.849. The van der Waals surface area contributed by atoms with Crippen LogP contribution in [0.4, 0.5) is 5.69 Å². The minimum absolute atomic E-state index is 0.849. The molecule has 0 saturated carbocycles. The molecule has 0 amide bonds. The van der Waals surface area contributed by atoms with E-state index in [-0.39, 0.29) is 0 Å². The standard InChI is InChI=1S/C11H15N/c1-4-8(2)10-6-5-9(3)11(12)7-10/h5-7H,2,4,12H2,1,3H3. The van der Waals surface area contributed by atoms with Crippen LogP contribution in [0.2, 0.25) is 0 Å². The predicted octanol–water partition coefficient (Wildman–Crippen LogP) is 3.00. The van der Waals surface area contributed by atoms with E-state index in [1.807, 2.05) is 19.1 Å². The number of nitrogen functional groups attached to an aromatic ring is 1. The molecule has 1 nitrogen and oxygen atoms in total. The Morgan fingerprint density at radius 2 is 2.17 bits per heavy atom. The molecule has 0 radical (unpaired) electrons. The van der Waals surface area contributed by atoms with E-state index in [1.165, 1.54) is 0 Å². The van der Waals surface area contributed by atoms with Gasteiger partial charge in [-0.1, -0.05) is 25.6 Å². The van der Waals surface area contributed by atoms with Gasteiger partial charge in [0.05, 0.1) is 0 Å². The summed E-state index contributed by atoms with van der Waals surface area (Å²) in [7, 11) is 0. The van der Waals surface area contributed by atoms with E-state index < -0.39 is 0 Å². The van der Waals surface area contributed by atoms with Gasteiger partial charge >= 0.3 is 0 Å². The van der Waals surface area contributed by atoms with Gasteiger partial charge in [0, 0.05) is 5.69 Å². The average molecular weight is 161 g/mol. The number of rotatable bonds is 2. The van der Waals surface area contributed by atoms with E-state index in [1.54, 1.807) is 0 Å². The van der Waals surface area contributed by atoms with Crippen LogP contribution in [0.25, 0.3) is 5.57 Å². The molecule has 0 atom stereocenters. The SMILES string of the molecule is C=C(CC)c1ccc(C)c(N)c1. The summed E-state index contributed by atoms with van der Waals surface area (Å²) in [4.78, 5) is 0. The van der Waals surface area contributed by atoms with Crippen LogP contribution in [0.15, 0.2) is 24.8 Å². The van der Waals surface area contributed by atoms with E-state index >= 15 is 0 Å². The molecule has 0 saturated heterocycles. The Kier molecular flexibility index (Phi) is 2.54. The maximum absolute atomic E-state index is 5.77. The first-order valence-corrected chi connectivity index (χ1v) is 4.19. The van der Waals surface area contributed by atoms with Gasteiger partial charge in [0.2, 0.25) is 0 Å². The summed E-state index contributed by atoms with van der Waals surface area (Å²) in [6, 6.07) is 6.09. The summed E-state index contributed by atoms with van der Waals surface area (Å²) in [5, 5.41) is 0. The molecule has 0 aliphatic rings. The maximum atomic E-state index is 5.77. The molecule has 0 heterocycles. The molecule has 0 aromatic heterocycles. The highest BCUT2D eigenvalue weighted by molar-refractivity contribution is 5.67. The van der Waals surface area contributed by atoms with E-state index in [9.17, 15) is 0 Å². The Hall–Kier alpha value is -1.24. The second-order valence-electron chi connectivity index (χ2n) is 3.03. The van der Waals surface area contributed by atoms with E-state index in [0.717, 1.165) is 28.8 Å². The monoisotopic (exact) mass is 161 g/mol. The molecule has 1 heteroatoms. The van der Waals surface area contributed by atoms with Crippen molar-refractivity contribution < 1.29 is 0 Å². The lowest BCUT2D eigenvalue weighted by Gasteiger charge is -2.05. The predicted molar refractivity (Wildman–Crippen MR) is 54.9 cm³/mol. The molecule has 1 aromatic carbocycles. The molecular weight excluding hydrogens is 146 g/mol. The molecule has 1 rings (SSSR count). The number of allylic oxidation sites excluding steroid dienone is 1. The Bertz CT molecular complexity index is 300. The molecule has 0 aliphatic heterocycles. The first-order chi connectivity index (χ1) is 5.65. The van der Waals surface area contributed by atoms with Crippen LogP contribution in [0.5, 0.6) is 0 Å². The first-order valence-electron chi connectivity index (χ1n) is 4.19. The van der Waals surface area contributed by atoms with Crippen LogP contribution in [-0.2, 0) is 0 Å². The third-order valence-corrected chi connectivity index (χ3v) is 2.11. The number of hydrogen-bond acceptors (Lipinski definition) is 1. The Morgan fingerprint density at radius 1 is 1.50 bits per heavy atom. The summed E-state index contributed by atoms with van der Waals surface area (Å²) in [6.45, 7) is 8.06. The zero-order valence-electron chi connectivity index (χ0n) is 7.72. The molecule has 0 spiro atoms. The van der Waals surface area contributed by atoms with Crippen molar-refractivity contribution in [3.63, 3.8) is 0 Å². The summed E-state index contributed by atoms with van der Waals surface area (Å²) in [5.41, 5.74) is 10.0. The molecule has 1 aromatic rings. The minimum Gasteiger partial charge on any atom is -0.398 e. The Morgan fingerprint density at radius 3 is 2.67 bits per heavy atom. The molecular formula is C11H15N. The van der Waals surface area contributed by atoms with Crippen molar-refractivity contribution in [2.24, 2.45) is 0 Å². The van der Waals surface area contributed by atoms with E-state index in [4.69, 9.17) is 5.73 Å². The topological polar surface area (TPSA) is 26.0 Å². The molecule has 2 N–H and O–H groups in total. The van der Waals surface area contributed by atoms with Crippen molar-refractivity contribution in [3.05, 3.63) is 35.9 Å². The number of aryl methyl sites for hydroxylation is 1. The zero-order chi connectivity index (χ0) is 9.14. The summed E-state index contributed by atoms with van der Waals surface area (Å²) < 4.78 is 0. The van der Waals surface area contributed by atoms with Crippen LogP contribution in [0.1, 0.15) is 24.5 Å². The molecule has 0 aliphatic carbocycles. The van der Waals surface area contributed by atoms with Gasteiger partial charge in [-0.25, -0.2) is 0 Å². The lowest BCUT2D eigenvalue weighted by molar-refractivity contribution is 1.24. The van der Waals surface area contributed by atoms with E-state index in [2.05, 4.69) is 19.6 Å². The quantitative estimate of drug-likeness (QED) is 0.663. The smallest absolute Gasteiger partial charge is 0.0349 e. The van der Waals surface area contributed by atoms with Gasteiger partial charge in [-0.15, -0.1) is 0 Å². The fourth-order valence-corrected chi connectivity index (χ4v) is 1.06. The number of hydrogen-bond donors (Lipinski definition) is 1. The maximum Gasteiger partial charge on any atom is 0.0349 e. The Balaban J connectivity index is 3.05. The highest BCUT2D eigenvalue weighted by Crippen LogP contribution is 2.20. The van der Waals surface area contributed by atoms with Gasteiger partial charge in [-0.3, -0.25) is 0 Å². The van der Waals surface area contributed by atoms with Crippen LogP contribution in [0.3, 0.4) is 0 Å². The number of anilines is 1. The zero-order valence-corrected chi connectivity index (χ0v) is 7.72. The van der Waals surface area contributed by atoms with Crippen LogP contribution < -0.4 is 5.73 Å². The average Bonchev–Trinajstić information content (AvgIpc) is 2.08. The van der Waals surface area contributed by atoms with Gasteiger partial charge in [0.25, 0.3) is 0 Å². The van der Waals surface area contributed by atoms with Crippen LogP contribution in [-0.4, -0.2) is 0 Å². The third-order valence-electron chi connectivity index (χ3n) is 2.11. The first kappa shape index (κ1) is 8.85. The fraction of sp³-hybridized carbons (Fsp3) is 0.273. The lowest BCUT2D eigenvalue weighted by Crippen LogP contribution is -1.91. The van der Waals surface area contributed by atoms with Crippen molar-refractivity contribution in [1.82, 2.24) is 0 Å². The second kappa shape index (κ2) is 3.44. The highest BCUT2D eigenvalue weighted by Gasteiger charge is 1.98. The molecule has 0 fully saturated rings. The highest BCUT2D eigenvalue weighted by atomic mass is 14.5. The summed E-state index contributed by atoms with van der Waals surface area (Å²) >= 11 is 0. The summed E-state index contributed by atoms with van der Waals surface area (Å²) in [6.07, 6.45) is 0.975. The largest absolute Gasteiger partial charge is 0.398 e. The Labute approximate surface area is 73.9 Å². The third kappa shape index (κ3) is 1.67. The summed E-state index contributed by atoms with van der Waals surface area (Å²) in [5.74, 6) is 0. The van der Waals surface area contributed by atoms with Gasteiger partial charge in [-0.05, 0) is 36.1 Å². The number of nitrogens with two attached hydrogens (primary N) is 1. The molecule has 12 heavy (non-hydrogen) atoms. The van der Waals surface area contributed by atoms with Crippen molar-refractivity contribution in [2.45, 2.75) is 20.3 Å².